The van der Waals surface area contributed by atoms with Crippen molar-refractivity contribution in [3.8, 4) is 0 Å². The molecule has 0 aromatic rings. The summed E-state index contributed by atoms with van der Waals surface area (Å²) in [7, 11) is 0. The normalized spacial score (nSPS) is 16.9. The molecular formula is C18H36IN3O2. The molecule has 5 nitrogen and oxygen atoms in total. The predicted molar refractivity (Wildman–Crippen MR) is 111 cm³/mol. The van der Waals surface area contributed by atoms with E-state index in [0.717, 1.165) is 25.8 Å². The van der Waals surface area contributed by atoms with Crippen molar-refractivity contribution in [3.05, 3.63) is 0 Å². The minimum absolute atomic E-state index is 0. The van der Waals surface area contributed by atoms with E-state index in [4.69, 9.17) is 10.5 Å². The zero-order chi connectivity index (χ0) is 17.1. The van der Waals surface area contributed by atoms with Crippen molar-refractivity contribution >= 4 is 35.9 Å². The second-order valence-electron chi connectivity index (χ2n) is 7.50. The van der Waals surface area contributed by atoms with Gasteiger partial charge in [-0.05, 0) is 46.5 Å². The van der Waals surface area contributed by atoms with E-state index >= 15 is 0 Å². The summed E-state index contributed by atoms with van der Waals surface area (Å²) in [5, 5.41) is 3.35. The number of carbonyl (C=O) groups excluding carboxylic acids is 1. The van der Waals surface area contributed by atoms with Crippen molar-refractivity contribution in [2.24, 2.45) is 10.7 Å². The summed E-state index contributed by atoms with van der Waals surface area (Å²) in [5.41, 5.74) is 5.56. The Hall–Kier alpha value is -0.530. The Balaban J connectivity index is 0.00000529. The number of hydrogen-bond donors (Lipinski definition) is 2. The molecule has 0 aromatic heterocycles. The van der Waals surface area contributed by atoms with Crippen molar-refractivity contribution in [3.63, 3.8) is 0 Å². The molecule has 142 valence electrons. The summed E-state index contributed by atoms with van der Waals surface area (Å²) >= 11 is 0. The van der Waals surface area contributed by atoms with Crippen LogP contribution in [0.3, 0.4) is 0 Å². The van der Waals surface area contributed by atoms with E-state index < -0.39 is 0 Å². The predicted octanol–water partition coefficient (Wildman–Crippen LogP) is 4.13. The Bertz CT molecular complexity index is 373. The van der Waals surface area contributed by atoms with Crippen LogP contribution >= 0.6 is 24.0 Å². The molecule has 0 spiro atoms. The third-order valence-corrected chi connectivity index (χ3v) is 3.95. The van der Waals surface area contributed by atoms with Gasteiger partial charge < -0.3 is 15.8 Å². The molecular weight excluding hydrogens is 417 g/mol. The zero-order valence-electron chi connectivity index (χ0n) is 15.6. The number of ether oxygens (including phenoxy) is 1. The molecule has 0 radical (unpaired) electrons. The van der Waals surface area contributed by atoms with E-state index in [2.05, 4.69) is 10.3 Å². The van der Waals surface area contributed by atoms with Gasteiger partial charge in [0, 0.05) is 19.0 Å². The van der Waals surface area contributed by atoms with Crippen molar-refractivity contribution in [1.29, 1.82) is 0 Å². The van der Waals surface area contributed by atoms with Crippen LogP contribution in [-0.2, 0) is 9.53 Å². The standard InChI is InChI=1S/C18H35N3O2.HI/c1-18(2,3)23-16(22)13-9-6-10-14-20-17(19)21-15-11-7-4-5-8-12-15;/h15H,4-14H2,1-3H3,(H3,19,20,21);1H. The highest BCUT2D eigenvalue weighted by Crippen LogP contribution is 2.17. The lowest BCUT2D eigenvalue weighted by molar-refractivity contribution is -0.154. The lowest BCUT2D eigenvalue weighted by Crippen LogP contribution is -2.39. The number of nitrogens with one attached hydrogen (secondary N) is 1. The van der Waals surface area contributed by atoms with Gasteiger partial charge >= 0.3 is 5.97 Å². The zero-order valence-corrected chi connectivity index (χ0v) is 17.9. The Morgan fingerprint density at radius 1 is 1.12 bits per heavy atom. The van der Waals surface area contributed by atoms with E-state index in [1.807, 2.05) is 20.8 Å². The van der Waals surface area contributed by atoms with E-state index in [1.54, 1.807) is 0 Å². The van der Waals surface area contributed by atoms with Crippen LogP contribution < -0.4 is 11.1 Å². The average molecular weight is 453 g/mol. The van der Waals surface area contributed by atoms with Gasteiger partial charge in [0.1, 0.15) is 5.60 Å². The molecule has 1 aliphatic rings. The molecule has 6 heteroatoms. The molecule has 0 bridgehead atoms. The smallest absolute Gasteiger partial charge is 0.306 e. The van der Waals surface area contributed by atoms with Crippen LogP contribution in [0.1, 0.15) is 85.0 Å². The minimum atomic E-state index is -0.389. The van der Waals surface area contributed by atoms with E-state index in [0.29, 0.717) is 18.4 Å². The maximum atomic E-state index is 11.6. The van der Waals surface area contributed by atoms with Gasteiger partial charge in [-0.1, -0.05) is 32.1 Å². The van der Waals surface area contributed by atoms with E-state index in [1.165, 1.54) is 38.5 Å². The number of unbranched alkanes of at least 4 members (excludes halogenated alkanes) is 2. The SMILES string of the molecule is CC(C)(C)OC(=O)CCCCCN=C(N)NC1CCCCCC1.I. The lowest BCUT2D eigenvalue weighted by atomic mass is 10.1. The number of aliphatic imine (C=N–C) groups is 1. The van der Waals surface area contributed by atoms with Gasteiger partial charge in [0.2, 0.25) is 0 Å². The first-order chi connectivity index (χ1) is 10.9. The first-order valence-electron chi connectivity index (χ1n) is 9.15. The molecule has 0 atom stereocenters. The number of hydrogen-bond acceptors (Lipinski definition) is 3. The molecule has 24 heavy (non-hydrogen) atoms. The van der Waals surface area contributed by atoms with Crippen molar-refractivity contribution < 1.29 is 9.53 Å². The Labute approximate surface area is 164 Å². The first kappa shape index (κ1) is 23.5. The molecule has 1 rings (SSSR count). The number of nitrogens with two attached hydrogens (primary N) is 1. The summed E-state index contributed by atoms with van der Waals surface area (Å²) in [5.74, 6) is 0.458. The monoisotopic (exact) mass is 453 g/mol. The largest absolute Gasteiger partial charge is 0.460 e. The molecule has 0 aliphatic heterocycles. The number of nitrogens with zero attached hydrogens (tertiary/aromatic N) is 1. The molecule has 0 amide bonds. The first-order valence-corrected chi connectivity index (χ1v) is 9.15. The Morgan fingerprint density at radius 3 is 2.33 bits per heavy atom. The molecule has 3 N–H and O–H groups in total. The summed E-state index contributed by atoms with van der Waals surface area (Å²) in [4.78, 5) is 16.0. The van der Waals surface area contributed by atoms with Gasteiger partial charge in [-0.25, -0.2) is 0 Å². The Kier molecular flexibility index (Phi) is 12.5. The third-order valence-electron chi connectivity index (χ3n) is 3.95. The molecule has 0 aromatic carbocycles. The molecule has 1 aliphatic carbocycles. The van der Waals surface area contributed by atoms with Gasteiger partial charge in [0.15, 0.2) is 5.96 Å². The number of rotatable bonds is 7. The van der Waals surface area contributed by atoms with Gasteiger partial charge in [-0.15, -0.1) is 24.0 Å². The second kappa shape index (κ2) is 12.8. The summed E-state index contributed by atoms with van der Waals surface area (Å²) in [6.45, 7) is 6.40. The number of esters is 1. The molecule has 0 saturated heterocycles. The topological polar surface area (TPSA) is 76.7 Å². The van der Waals surface area contributed by atoms with Gasteiger partial charge in [0.05, 0.1) is 0 Å². The number of guanidine groups is 1. The summed E-state index contributed by atoms with van der Waals surface area (Å²) in [6.07, 6.45) is 10.9. The molecule has 1 saturated carbocycles. The summed E-state index contributed by atoms with van der Waals surface area (Å²) in [6, 6.07) is 0.494. The van der Waals surface area contributed by atoms with Crippen LogP contribution in [0, 0.1) is 0 Å². The van der Waals surface area contributed by atoms with Crippen LogP contribution in [0.2, 0.25) is 0 Å². The molecule has 0 unspecified atom stereocenters. The maximum absolute atomic E-state index is 11.6. The van der Waals surface area contributed by atoms with Crippen molar-refractivity contribution in [1.82, 2.24) is 5.32 Å². The van der Waals surface area contributed by atoms with Gasteiger partial charge in [0.25, 0.3) is 0 Å². The van der Waals surface area contributed by atoms with Gasteiger partial charge in [-0.3, -0.25) is 9.79 Å². The minimum Gasteiger partial charge on any atom is -0.460 e. The average Bonchev–Trinajstić information content (AvgIpc) is 2.69. The fourth-order valence-electron chi connectivity index (χ4n) is 2.83. The Morgan fingerprint density at radius 2 is 1.75 bits per heavy atom. The van der Waals surface area contributed by atoms with Gasteiger partial charge in [-0.2, -0.15) is 0 Å². The molecule has 0 heterocycles. The lowest BCUT2D eigenvalue weighted by Gasteiger charge is -2.19. The van der Waals surface area contributed by atoms with Crippen LogP contribution in [0.4, 0.5) is 0 Å². The highest BCUT2D eigenvalue weighted by molar-refractivity contribution is 14.0. The van der Waals surface area contributed by atoms with E-state index in [-0.39, 0.29) is 35.5 Å². The van der Waals surface area contributed by atoms with Crippen molar-refractivity contribution in [2.45, 2.75) is 96.6 Å². The van der Waals surface area contributed by atoms with Crippen molar-refractivity contribution in [2.75, 3.05) is 6.54 Å². The summed E-state index contributed by atoms with van der Waals surface area (Å²) < 4.78 is 5.28. The highest BCUT2D eigenvalue weighted by Gasteiger charge is 2.15. The van der Waals surface area contributed by atoms with Crippen LogP contribution in [0.15, 0.2) is 4.99 Å². The number of carbonyl (C=O) groups is 1. The molecule has 1 fully saturated rings. The second-order valence-corrected chi connectivity index (χ2v) is 7.50. The fourth-order valence-corrected chi connectivity index (χ4v) is 2.83. The van der Waals surface area contributed by atoms with E-state index in [9.17, 15) is 4.79 Å². The fraction of sp³-hybridized carbons (Fsp3) is 0.889. The van der Waals surface area contributed by atoms with Crippen LogP contribution in [0.5, 0.6) is 0 Å². The van der Waals surface area contributed by atoms with Crippen LogP contribution in [-0.4, -0.2) is 30.1 Å². The maximum Gasteiger partial charge on any atom is 0.306 e. The third kappa shape index (κ3) is 12.8. The number of halogens is 1. The highest BCUT2D eigenvalue weighted by atomic mass is 127. The van der Waals surface area contributed by atoms with Crippen LogP contribution in [0.25, 0.3) is 0 Å². The quantitative estimate of drug-likeness (QED) is 0.152.